The Morgan fingerprint density at radius 3 is 2.50 bits per heavy atom. The maximum atomic E-state index is 11.6. The molecule has 0 spiro atoms. The minimum absolute atomic E-state index is 0.0966. The van der Waals surface area contributed by atoms with Gasteiger partial charge in [0.25, 0.3) is 0 Å². The lowest BCUT2D eigenvalue weighted by molar-refractivity contribution is -0.322. The number of rotatable bonds is 10. The maximum Gasteiger partial charge on any atom is 0.368 e. The highest BCUT2D eigenvalue weighted by molar-refractivity contribution is 5.86. The van der Waals surface area contributed by atoms with E-state index in [0.29, 0.717) is 25.2 Å². The van der Waals surface area contributed by atoms with Gasteiger partial charge in [0.1, 0.15) is 6.10 Å². The van der Waals surface area contributed by atoms with Gasteiger partial charge in [-0.3, -0.25) is 4.89 Å². The average molecular weight is 314 g/mol. The first-order valence-corrected chi connectivity index (χ1v) is 8.19. The van der Waals surface area contributed by atoms with Crippen molar-refractivity contribution in [3.05, 3.63) is 12.2 Å². The lowest BCUT2D eigenvalue weighted by atomic mass is 9.76. The quantitative estimate of drug-likeness (QED) is 0.349. The number of unbranched alkanes of at least 4 members (excludes halogenated alkanes) is 1. The van der Waals surface area contributed by atoms with Gasteiger partial charge >= 0.3 is 5.97 Å². The normalized spacial score (nSPS) is 19.6. The zero-order chi connectivity index (χ0) is 16.6. The van der Waals surface area contributed by atoms with Gasteiger partial charge in [0.05, 0.1) is 13.2 Å². The smallest absolute Gasteiger partial charge is 0.350 e. The summed E-state index contributed by atoms with van der Waals surface area (Å²) in [5.74, 6) is -0.535. The molecule has 0 aliphatic carbocycles. The van der Waals surface area contributed by atoms with E-state index >= 15 is 0 Å². The Kier molecular flexibility index (Phi) is 8.07. The van der Waals surface area contributed by atoms with E-state index in [4.69, 9.17) is 19.2 Å². The minimum atomic E-state index is -0.535. The SMILES string of the molecule is C=C(C)C(=O)OOC(CC1OCCO1)C(C)(CC)CCCC. The fourth-order valence-electron chi connectivity index (χ4n) is 2.48. The van der Waals surface area contributed by atoms with Gasteiger partial charge < -0.3 is 9.47 Å². The molecule has 1 aliphatic heterocycles. The van der Waals surface area contributed by atoms with Crippen molar-refractivity contribution in [2.45, 2.75) is 72.2 Å². The van der Waals surface area contributed by atoms with Crippen LogP contribution in [0.2, 0.25) is 0 Å². The van der Waals surface area contributed by atoms with Crippen molar-refractivity contribution in [1.29, 1.82) is 0 Å². The third-order valence-corrected chi connectivity index (χ3v) is 4.37. The summed E-state index contributed by atoms with van der Waals surface area (Å²) in [7, 11) is 0. The molecule has 1 saturated heterocycles. The molecule has 5 heteroatoms. The summed E-state index contributed by atoms with van der Waals surface area (Å²) < 4.78 is 11.0. The molecule has 0 N–H and O–H groups in total. The second-order valence-corrected chi connectivity index (χ2v) is 6.25. The van der Waals surface area contributed by atoms with E-state index in [0.717, 1.165) is 25.7 Å². The fraction of sp³-hybridized carbons (Fsp3) is 0.824. The number of carbonyl (C=O) groups excluding carboxylic acids is 1. The molecule has 0 radical (unpaired) electrons. The second kappa shape index (κ2) is 9.28. The summed E-state index contributed by atoms with van der Waals surface area (Å²) in [4.78, 5) is 22.1. The predicted molar refractivity (Wildman–Crippen MR) is 84.0 cm³/mol. The van der Waals surface area contributed by atoms with E-state index in [-0.39, 0.29) is 17.8 Å². The first-order valence-electron chi connectivity index (χ1n) is 8.19. The Hall–Kier alpha value is -0.910. The molecule has 2 unspecified atom stereocenters. The molecule has 0 amide bonds. The molecular weight excluding hydrogens is 284 g/mol. The van der Waals surface area contributed by atoms with E-state index < -0.39 is 5.97 Å². The summed E-state index contributed by atoms with van der Waals surface area (Å²) in [6.07, 6.45) is 4.14. The highest BCUT2D eigenvalue weighted by Crippen LogP contribution is 2.37. The molecule has 5 nitrogen and oxygen atoms in total. The van der Waals surface area contributed by atoms with Crippen molar-refractivity contribution in [1.82, 2.24) is 0 Å². The third-order valence-electron chi connectivity index (χ3n) is 4.37. The Morgan fingerprint density at radius 1 is 1.36 bits per heavy atom. The van der Waals surface area contributed by atoms with E-state index in [2.05, 4.69) is 27.4 Å². The van der Waals surface area contributed by atoms with Crippen LogP contribution in [0, 0.1) is 5.41 Å². The third kappa shape index (κ3) is 5.71. The first-order chi connectivity index (χ1) is 10.4. The lowest BCUT2D eigenvalue weighted by Gasteiger charge is -2.36. The monoisotopic (exact) mass is 314 g/mol. The van der Waals surface area contributed by atoms with Crippen molar-refractivity contribution >= 4 is 5.97 Å². The van der Waals surface area contributed by atoms with Crippen molar-refractivity contribution in [2.24, 2.45) is 5.41 Å². The van der Waals surface area contributed by atoms with Crippen LogP contribution in [0.3, 0.4) is 0 Å². The summed E-state index contributed by atoms with van der Waals surface area (Å²) in [6, 6.07) is 0. The molecule has 22 heavy (non-hydrogen) atoms. The maximum absolute atomic E-state index is 11.6. The van der Waals surface area contributed by atoms with Crippen LogP contribution in [0.15, 0.2) is 12.2 Å². The summed E-state index contributed by atoms with van der Waals surface area (Å²) >= 11 is 0. The molecule has 1 rings (SSSR count). The average Bonchev–Trinajstić information content (AvgIpc) is 3.01. The van der Waals surface area contributed by atoms with Crippen LogP contribution in [-0.2, 0) is 24.0 Å². The molecule has 2 atom stereocenters. The summed E-state index contributed by atoms with van der Waals surface area (Å²) in [6.45, 7) is 12.8. The molecule has 0 bridgehead atoms. The molecule has 128 valence electrons. The Bertz CT molecular complexity index is 362. The summed E-state index contributed by atoms with van der Waals surface area (Å²) in [5, 5.41) is 0. The molecule has 1 heterocycles. The Labute approximate surface area is 133 Å². The standard InChI is InChI=1S/C17H30O5/c1-6-8-9-17(5,7-2)14(12-15-19-10-11-20-15)21-22-16(18)13(3)4/h14-15H,3,6-12H2,1-2,4-5H3. The van der Waals surface area contributed by atoms with Gasteiger partial charge in [-0.25, -0.2) is 4.79 Å². The van der Waals surface area contributed by atoms with Gasteiger partial charge in [-0.1, -0.05) is 40.2 Å². The lowest BCUT2D eigenvalue weighted by Crippen LogP contribution is -2.38. The number of hydrogen-bond acceptors (Lipinski definition) is 5. The van der Waals surface area contributed by atoms with Gasteiger partial charge in [0.2, 0.25) is 0 Å². The fourth-order valence-corrected chi connectivity index (χ4v) is 2.48. The van der Waals surface area contributed by atoms with Crippen LogP contribution in [0.4, 0.5) is 0 Å². The van der Waals surface area contributed by atoms with Crippen LogP contribution in [-0.4, -0.2) is 31.6 Å². The predicted octanol–water partition coefficient (Wildman–Crippen LogP) is 3.78. The van der Waals surface area contributed by atoms with E-state index in [1.807, 2.05) is 0 Å². The topological polar surface area (TPSA) is 54.0 Å². The van der Waals surface area contributed by atoms with Crippen LogP contribution >= 0.6 is 0 Å². The van der Waals surface area contributed by atoms with Gasteiger partial charge in [-0.05, 0) is 25.2 Å². The zero-order valence-electron chi connectivity index (χ0n) is 14.4. The molecule has 1 aliphatic rings. The Morgan fingerprint density at radius 2 is 2.00 bits per heavy atom. The van der Waals surface area contributed by atoms with Gasteiger partial charge in [0.15, 0.2) is 6.29 Å². The van der Waals surface area contributed by atoms with Crippen molar-refractivity contribution < 1.29 is 24.0 Å². The number of ether oxygens (including phenoxy) is 2. The van der Waals surface area contributed by atoms with E-state index in [1.54, 1.807) is 6.92 Å². The molecule has 0 saturated carbocycles. The molecule has 0 aromatic rings. The number of hydrogen-bond donors (Lipinski definition) is 0. The van der Waals surface area contributed by atoms with E-state index in [1.165, 1.54) is 0 Å². The minimum Gasteiger partial charge on any atom is -0.350 e. The first kappa shape index (κ1) is 19.1. The second-order valence-electron chi connectivity index (χ2n) is 6.25. The molecule has 0 aromatic heterocycles. The van der Waals surface area contributed by atoms with Crippen LogP contribution < -0.4 is 0 Å². The van der Waals surface area contributed by atoms with Crippen molar-refractivity contribution in [2.75, 3.05) is 13.2 Å². The van der Waals surface area contributed by atoms with Gasteiger partial charge in [-0.15, -0.1) is 0 Å². The Balaban J connectivity index is 2.73. The highest BCUT2D eigenvalue weighted by atomic mass is 17.2. The van der Waals surface area contributed by atoms with Crippen LogP contribution in [0.1, 0.15) is 59.8 Å². The van der Waals surface area contributed by atoms with Crippen LogP contribution in [0.25, 0.3) is 0 Å². The highest BCUT2D eigenvalue weighted by Gasteiger charge is 2.38. The number of carbonyl (C=O) groups is 1. The summed E-state index contributed by atoms with van der Waals surface area (Å²) in [5.41, 5.74) is 0.222. The molecule has 0 aromatic carbocycles. The van der Waals surface area contributed by atoms with Gasteiger partial charge in [0, 0.05) is 12.0 Å². The zero-order valence-corrected chi connectivity index (χ0v) is 14.4. The van der Waals surface area contributed by atoms with Crippen molar-refractivity contribution in [3.8, 4) is 0 Å². The molecule has 1 fully saturated rings. The van der Waals surface area contributed by atoms with Crippen LogP contribution in [0.5, 0.6) is 0 Å². The van der Waals surface area contributed by atoms with Crippen molar-refractivity contribution in [3.63, 3.8) is 0 Å². The van der Waals surface area contributed by atoms with Gasteiger partial charge in [-0.2, -0.15) is 4.89 Å². The van der Waals surface area contributed by atoms with E-state index in [9.17, 15) is 4.79 Å². The largest absolute Gasteiger partial charge is 0.368 e. The molecular formula is C17H30O5.